The molecule has 0 aliphatic carbocycles. The van der Waals surface area contributed by atoms with Crippen LogP contribution in [-0.4, -0.2) is 29.6 Å². The highest BCUT2D eigenvalue weighted by Gasteiger charge is 2.17. The molecule has 0 bridgehead atoms. The molecule has 1 aliphatic rings. The number of hydrogen-bond acceptors (Lipinski definition) is 4. The molecule has 1 amide bonds. The maximum Gasteiger partial charge on any atom is 0.407 e. The molecule has 0 saturated heterocycles. The molecule has 0 fully saturated rings. The summed E-state index contributed by atoms with van der Waals surface area (Å²) in [5.41, 5.74) is 5.39. The number of nitrogens with one attached hydrogen (secondary N) is 1. The maximum atomic E-state index is 11.6. The Kier molecular flexibility index (Phi) is 9.96. The van der Waals surface area contributed by atoms with Gasteiger partial charge >= 0.3 is 6.09 Å². The van der Waals surface area contributed by atoms with E-state index in [0.717, 1.165) is 37.9 Å². The first-order chi connectivity index (χ1) is 10.3. The number of rotatable bonds is 5. The largest absolute Gasteiger partial charge is 0.444 e. The van der Waals surface area contributed by atoms with Crippen molar-refractivity contribution in [3.8, 4) is 0 Å². The summed E-state index contributed by atoms with van der Waals surface area (Å²) >= 11 is 0. The van der Waals surface area contributed by atoms with Crippen LogP contribution >= 0.6 is 12.4 Å². The second-order valence-corrected chi connectivity index (χ2v) is 7.01. The van der Waals surface area contributed by atoms with Crippen molar-refractivity contribution < 1.29 is 9.53 Å². The molecular weight excluding hydrogens is 314 g/mol. The van der Waals surface area contributed by atoms with Gasteiger partial charge in [0, 0.05) is 12.5 Å². The molecule has 1 rings (SSSR count). The van der Waals surface area contributed by atoms with Gasteiger partial charge in [0.25, 0.3) is 0 Å². The van der Waals surface area contributed by atoms with E-state index in [0.29, 0.717) is 6.04 Å². The van der Waals surface area contributed by atoms with Crippen LogP contribution in [0.25, 0.3) is 0 Å². The fraction of sp³-hybridized carbons (Fsp3) is 0.765. The van der Waals surface area contributed by atoms with Crippen molar-refractivity contribution >= 4 is 24.3 Å². The number of carbonyl (C=O) groups is 1. The normalized spacial score (nSPS) is 20.2. The van der Waals surface area contributed by atoms with E-state index < -0.39 is 5.60 Å². The second-order valence-electron chi connectivity index (χ2n) is 7.01. The van der Waals surface area contributed by atoms with Gasteiger partial charge in [-0.05, 0) is 53.4 Å². The molecule has 2 atom stereocenters. The topological polar surface area (TPSA) is 76.7 Å². The first-order valence-corrected chi connectivity index (χ1v) is 8.23. The molecule has 0 aromatic rings. The summed E-state index contributed by atoms with van der Waals surface area (Å²) < 4.78 is 5.23. The fourth-order valence-electron chi connectivity index (χ4n) is 2.34. The molecular formula is C17H32ClN3O2. The van der Waals surface area contributed by atoms with Gasteiger partial charge in [-0.1, -0.05) is 18.6 Å². The number of alkyl carbamates (subject to hydrolysis) is 1. The maximum absolute atomic E-state index is 11.6. The van der Waals surface area contributed by atoms with Crippen LogP contribution < -0.4 is 11.1 Å². The van der Waals surface area contributed by atoms with Crippen LogP contribution in [-0.2, 0) is 4.74 Å². The van der Waals surface area contributed by atoms with Crippen LogP contribution in [0.15, 0.2) is 17.1 Å². The molecule has 0 aromatic carbocycles. The highest BCUT2D eigenvalue weighted by atomic mass is 35.5. The number of nitrogens with two attached hydrogens (primary N) is 1. The van der Waals surface area contributed by atoms with Gasteiger partial charge in [0.2, 0.25) is 0 Å². The summed E-state index contributed by atoms with van der Waals surface area (Å²) in [7, 11) is 0. The van der Waals surface area contributed by atoms with Gasteiger partial charge in [-0.3, -0.25) is 4.99 Å². The third-order valence-corrected chi connectivity index (χ3v) is 3.40. The SMILES string of the molecule is CC(CC=CCC1CCCCC(N)=N1)NC(=O)OC(C)(C)C.Cl. The first kappa shape index (κ1) is 21.8. The highest BCUT2D eigenvalue weighted by molar-refractivity contribution is 5.85. The molecule has 0 aromatic heterocycles. The Morgan fingerprint density at radius 3 is 2.78 bits per heavy atom. The number of hydrogen-bond donors (Lipinski definition) is 2. The minimum absolute atomic E-state index is 0. The lowest BCUT2D eigenvalue weighted by molar-refractivity contribution is 0.0509. The van der Waals surface area contributed by atoms with E-state index in [2.05, 4.69) is 22.5 Å². The molecule has 0 saturated carbocycles. The lowest BCUT2D eigenvalue weighted by Gasteiger charge is -2.21. The molecule has 5 nitrogen and oxygen atoms in total. The first-order valence-electron chi connectivity index (χ1n) is 8.23. The predicted octanol–water partition coefficient (Wildman–Crippen LogP) is 3.96. The third-order valence-electron chi connectivity index (χ3n) is 3.40. The zero-order chi connectivity index (χ0) is 16.6. The van der Waals surface area contributed by atoms with Gasteiger partial charge in [-0.2, -0.15) is 0 Å². The summed E-state index contributed by atoms with van der Waals surface area (Å²) in [5.74, 6) is 0.788. The number of aliphatic imine (C=N–C) groups is 1. The number of amides is 1. The smallest absolute Gasteiger partial charge is 0.407 e. The van der Waals surface area contributed by atoms with Gasteiger partial charge in [-0.15, -0.1) is 12.4 Å². The summed E-state index contributed by atoms with van der Waals surface area (Å²) in [6.07, 6.45) is 9.94. The highest BCUT2D eigenvalue weighted by Crippen LogP contribution is 2.15. The van der Waals surface area contributed by atoms with Gasteiger partial charge in [0.05, 0.1) is 11.9 Å². The van der Waals surface area contributed by atoms with E-state index in [1.54, 1.807) is 0 Å². The zero-order valence-electron chi connectivity index (χ0n) is 14.8. The van der Waals surface area contributed by atoms with Gasteiger partial charge in [0.15, 0.2) is 0 Å². The Morgan fingerprint density at radius 2 is 2.13 bits per heavy atom. The van der Waals surface area contributed by atoms with E-state index in [9.17, 15) is 4.79 Å². The Labute approximate surface area is 146 Å². The van der Waals surface area contributed by atoms with Crippen molar-refractivity contribution in [3.05, 3.63) is 12.2 Å². The van der Waals surface area contributed by atoms with Crippen molar-refractivity contribution in [2.24, 2.45) is 10.7 Å². The van der Waals surface area contributed by atoms with Gasteiger partial charge in [-0.25, -0.2) is 4.79 Å². The van der Waals surface area contributed by atoms with Gasteiger partial charge < -0.3 is 15.8 Å². The number of carbonyl (C=O) groups excluding carboxylic acids is 1. The van der Waals surface area contributed by atoms with Crippen LogP contribution in [0.3, 0.4) is 0 Å². The average molecular weight is 346 g/mol. The van der Waals surface area contributed by atoms with Crippen LogP contribution in [0.1, 0.15) is 66.2 Å². The molecule has 2 unspecified atom stereocenters. The lowest BCUT2D eigenvalue weighted by atomic mass is 10.1. The number of ether oxygens (including phenoxy) is 1. The Bertz CT molecular complexity index is 417. The Morgan fingerprint density at radius 1 is 1.43 bits per heavy atom. The van der Waals surface area contributed by atoms with E-state index in [-0.39, 0.29) is 24.5 Å². The quantitative estimate of drug-likeness (QED) is 0.740. The van der Waals surface area contributed by atoms with Gasteiger partial charge in [0.1, 0.15) is 5.60 Å². The van der Waals surface area contributed by atoms with Crippen molar-refractivity contribution in [1.29, 1.82) is 0 Å². The standard InChI is InChI=1S/C17H31N3O2.ClH/c1-13(19-16(21)22-17(2,3)4)9-5-6-10-14-11-7-8-12-15(18)20-14;/h5-6,13-14H,7-12H2,1-4H3,(H2,18,20)(H,19,21);1H. The van der Waals surface area contributed by atoms with E-state index in [1.807, 2.05) is 27.7 Å². The monoisotopic (exact) mass is 345 g/mol. The van der Waals surface area contributed by atoms with E-state index in [4.69, 9.17) is 10.5 Å². The molecule has 0 radical (unpaired) electrons. The van der Waals surface area contributed by atoms with Crippen molar-refractivity contribution in [2.45, 2.75) is 83.9 Å². The summed E-state index contributed by atoms with van der Waals surface area (Å²) in [6.45, 7) is 7.54. The number of halogens is 1. The third kappa shape index (κ3) is 11.0. The second kappa shape index (κ2) is 10.5. The van der Waals surface area contributed by atoms with Crippen molar-refractivity contribution in [2.75, 3.05) is 0 Å². The molecule has 1 heterocycles. The van der Waals surface area contributed by atoms with E-state index in [1.165, 1.54) is 6.42 Å². The minimum atomic E-state index is -0.461. The van der Waals surface area contributed by atoms with Crippen LogP contribution in [0, 0.1) is 0 Å². The molecule has 0 spiro atoms. The number of nitrogens with zero attached hydrogens (tertiary/aromatic N) is 1. The molecule has 23 heavy (non-hydrogen) atoms. The molecule has 6 heteroatoms. The van der Waals surface area contributed by atoms with E-state index >= 15 is 0 Å². The van der Waals surface area contributed by atoms with Crippen LogP contribution in [0.2, 0.25) is 0 Å². The van der Waals surface area contributed by atoms with Crippen molar-refractivity contribution in [3.63, 3.8) is 0 Å². The zero-order valence-corrected chi connectivity index (χ0v) is 15.6. The summed E-state index contributed by atoms with van der Waals surface area (Å²) in [4.78, 5) is 16.2. The fourth-order valence-corrected chi connectivity index (χ4v) is 2.34. The molecule has 3 N–H and O–H groups in total. The Balaban J connectivity index is 0.00000484. The average Bonchev–Trinajstić information content (AvgIpc) is 2.56. The minimum Gasteiger partial charge on any atom is -0.444 e. The predicted molar refractivity (Wildman–Crippen MR) is 98.3 cm³/mol. The summed E-state index contributed by atoms with van der Waals surface area (Å²) in [5, 5.41) is 2.83. The van der Waals surface area contributed by atoms with Crippen LogP contribution in [0.5, 0.6) is 0 Å². The molecule has 134 valence electrons. The van der Waals surface area contributed by atoms with Crippen molar-refractivity contribution in [1.82, 2.24) is 5.32 Å². The lowest BCUT2D eigenvalue weighted by Crippen LogP contribution is -2.37. The van der Waals surface area contributed by atoms with Crippen LogP contribution in [0.4, 0.5) is 4.79 Å². The molecule has 1 aliphatic heterocycles. The Hall–Kier alpha value is -1.23. The number of amidine groups is 1. The summed E-state index contributed by atoms with van der Waals surface area (Å²) in [6, 6.07) is 0.363.